The predicted octanol–water partition coefficient (Wildman–Crippen LogP) is 4.70. The van der Waals surface area contributed by atoms with Gasteiger partial charge in [0.1, 0.15) is 11.6 Å². The molecule has 1 aliphatic rings. The van der Waals surface area contributed by atoms with Gasteiger partial charge in [-0.2, -0.15) is 5.26 Å². The van der Waals surface area contributed by atoms with E-state index in [1.165, 1.54) is 27.9 Å². The van der Waals surface area contributed by atoms with Crippen LogP contribution >= 0.6 is 0 Å². The van der Waals surface area contributed by atoms with Crippen LogP contribution in [-0.4, -0.2) is 27.6 Å². The first kappa shape index (κ1) is 18.5. The first-order valence-electron chi connectivity index (χ1n) is 9.98. The first-order valence-corrected chi connectivity index (χ1v) is 9.98. The molecule has 0 spiro atoms. The average Bonchev–Trinajstić information content (AvgIpc) is 2.96. The van der Waals surface area contributed by atoms with E-state index >= 15 is 0 Å². The number of piperidine rings is 1. The van der Waals surface area contributed by atoms with Crippen LogP contribution in [0.15, 0.2) is 18.3 Å². The molecule has 3 heterocycles. The lowest BCUT2D eigenvalue weighted by molar-refractivity contribution is 0.491. The smallest absolute Gasteiger partial charge is 0.150 e. The fourth-order valence-electron chi connectivity index (χ4n) is 4.62. The molecule has 1 aliphatic heterocycles. The molecule has 1 fully saturated rings. The van der Waals surface area contributed by atoms with Crippen LogP contribution < -0.4 is 4.90 Å². The lowest BCUT2D eigenvalue weighted by Crippen LogP contribution is -2.35. The van der Waals surface area contributed by atoms with Crippen molar-refractivity contribution in [2.24, 2.45) is 5.92 Å². The van der Waals surface area contributed by atoms with Crippen LogP contribution in [0.5, 0.6) is 0 Å². The van der Waals surface area contributed by atoms with E-state index in [1.54, 1.807) is 0 Å². The Morgan fingerprint density at radius 2 is 1.75 bits per heavy atom. The molecule has 0 radical (unpaired) electrons. The molecule has 1 unspecified atom stereocenters. The maximum atomic E-state index is 9.40. The number of nitriles is 1. The van der Waals surface area contributed by atoms with Crippen molar-refractivity contribution >= 4 is 16.9 Å². The molecular formula is C23H27N5. The Morgan fingerprint density at radius 3 is 2.43 bits per heavy atom. The fraction of sp³-hybridized carbons (Fsp3) is 0.435. The van der Waals surface area contributed by atoms with Gasteiger partial charge in [-0.1, -0.05) is 17.7 Å². The fourth-order valence-corrected chi connectivity index (χ4v) is 4.62. The van der Waals surface area contributed by atoms with Gasteiger partial charge >= 0.3 is 0 Å². The van der Waals surface area contributed by atoms with E-state index in [1.807, 2.05) is 6.92 Å². The predicted molar refractivity (Wildman–Crippen MR) is 113 cm³/mol. The summed E-state index contributed by atoms with van der Waals surface area (Å²) in [5.41, 5.74) is 7.08. The molecule has 0 N–H and O–H groups in total. The molecule has 0 aliphatic carbocycles. The average molecular weight is 374 g/mol. The van der Waals surface area contributed by atoms with Gasteiger partial charge < -0.3 is 9.47 Å². The van der Waals surface area contributed by atoms with Gasteiger partial charge in [0.15, 0.2) is 5.65 Å². The van der Waals surface area contributed by atoms with Crippen LogP contribution in [-0.2, 0) is 0 Å². The van der Waals surface area contributed by atoms with Crippen LogP contribution in [0.25, 0.3) is 16.7 Å². The molecule has 5 heteroatoms. The molecule has 2 aromatic heterocycles. The Balaban J connectivity index is 1.94. The number of nitrogens with zero attached hydrogens (tertiary/aromatic N) is 5. The second-order valence-corrected chi connectivity index (χ2v) is 8.14. The Hall–Kier alpha value is -2.87. The highest BCUT2D eigenvalue weighted by Gasteiger charge is 2.25. The number of rotatable bonds is 2. The van der Waals surface area contributed by atoms with Gasteiger partial charge in [0.2, 0.25) is 0 Å². The van der Waals surface area contributed by atoms with Crippen LogP contribution in [0.3, 0.4) is 0 Å². The van der Waals surface area contributed by atoms with Crippen LogP contribution in [0.2, 0.25) is 0 Å². The molecule has 28 heavy (non-hydrogen) atoms. The highest BCUT2D eigenvalue weighted by Crippen LogP contribution is 2.34. The van der Waals surface area contributed by atoms with Crippen molar-refractivity contribution in [1.29, 1.82) is 5.26 Å². The van der Waals surface area contributed by atoms with Crippen molar-refractivity contribution in [3.8, 4) is 11.8 Å². The minimum Gasteiger partial charge on any atom is -0.355 e. The SMILES string of the molecule is Cc1cc(C)c(-n2cc(C)c3c(N4CCCC(C#N)C4)nc(C)nc32)c(C)c1. The van der Waals surface area contributed by atoms with Crippen molar-refractivity contribution in [3.63, 3.8) is 0 Å². The second-order valence-electron chi connectivity index (χ2n) is 8.14. The monoisotopic (exact) mass is 373 g/mol. The molecule has 5 nitrogen and oxygen atoms in total. The summed E-state index contributed by atoms with van der Waals surface area (Å²) in [6.45, 7) is 12.2. The standard InChI is InChI=1S/C23H27N5/c1-14-9-15(2)21(16(3)10-14)28-12-17(4)20-22(25-18(5)26-23(20)28)27-8-6-7-19(11-24)13-27/h9-10,12,19H,6-8,13H2,1-5H3. The summed E-state index contributed by atoms with van der Waals surface area (Å²) < 4.78 is 2.22. The summed E-state index contributed by atoms with van der Waals surface area (Å²) >= 11 is 0. The van der Waals surface area contributed by atoms with E-state index in [0.717, 1.165) is 48.6 Å². The van der Waals surface area contributed by atoms with Crippen molar-refractivity contribution < 1.29 is 0 Å². The van der Waals surface area contributed by atoms with E-state index in [2.05, 4.69) is 61.6 Å². The van der Waals surface area contributed by atoms with E-state index in [-0.39, 0.29) is 5.92 Å². The van der Waals surface area contributed by atoms with Gasteiger partial charge in [-0.15, -0.1) is 0 Å². The zero-order valence-corrected chi connectivity index (χ0v) is 17.4. The number of fused-ring (bicyclic) bond motifs is 1. The lowest BCUT2D eigenvalue weighted by Gasteiger charge is -2.31. The number of anilines is 1. The minimum atomic E-state index is 0.0723. The summed E-state index contributed by atoms with van der Waals surface area (Å²) in [4.78, 5) is 11.9. The second kappa shape index (κ2) is 6.94. The normalized spacial score (nSPS) is 17.1. The minimum absolute atomic E-state index is 0.0723. The molecule has 1 aromatic carbocycles. The topological polar surface area (TPSA) is 57.7 Å². The quantitative estimate of drug-likeness (QED) is 0.653. The van der Waals surface area contributed by atoms with Gasteiger partial charge in [-0.3, -0.25) is 0 Å². The van der Waals surface area contributed by atoms with E-state index in [9.17, 15) is 5.26 Å². The molecule has 144 valence electrons. The third kappa shape index (κ3) is 3.03. The summed E-state index contributed by atoms with van der Waals surface area (Å²) in [7, 11) is 0. The maximum Gasteiger partial charge on any atom is 0.150 e. The van der Waals surface area contributed by atoms with Gasteiger partial charge in [0, 0.05) is 19.3 Å². The number of hydrogen-bond donors (Lipinski definition) is 0. The number of hydrogen-bond acceptors (Lipinski definition) is 4. The van der Waals surface area contributed by atoms with E-state index in [4.69, 9.17) is 9.97 Å². The zero-order valence-electron chi connectivity index (χ0n) is 17.4. The van der Waals surface area contributed by atoms with E-state index < -0.39 is 0 Å². The Bertz CT molecular complexity index is 1080. The van der Waals surface area contributed by atoms with Gasteiger partial charge in [-0.25, -0.2) is 9.97 Å². The first-order chi connectivity index (χ1) is 13.4. The van der Waals surface area contributed by atoms with Crippen molar-refractivity contribution in [1.82, 2.24) is 14.5 Å². The third-order valence-corrected chi connectivity index (χ3v) is 5.71. The van der Waals surface area contributed by atoms with Crippen molar-refractivity contribution in [2.75, 3.05) is 18.0 Å². The van der Waals surface area contributed by atoms with Crippen molar-refractivity contribution in [3.05, 3.63) is 46.4 Å². The molecule has 0 amide bonds. The highest BCUT2D eigenvalue weighted by atomic mass is 15.2. The van der Waals surface area contributed by atoms with Gasteiger partial charge in [0.05, 0.1) is 23.1 Å². The summed E-state index contributed by atoms with van der Waals surface area (Å²) in [6.07, 6.45) is 4.18. The number of benzene rings is 1. The third-order valence-electron chi connectivity index (χ3n) is 5.71. The van der Waals surface area contributed by atoms with Crippen LogP contribution in [0, 0.1) is 51.9 Å². The Labute approximate surface area is 166 Å². The van der Waals surface area contributed by atoms with Crippen molar-refractivity contribution in [2.45, 2.75) is 47.5 Å². The molecular weight excluding hydrogens is 346 g/mol. The zero-order chi connectivity index (χ0) is 20.0. The summed E-state index contributed by atoms with van der Waals surface area (Å²) in [5, 5.41) is 10.5. The number of aromatic nitrogens is 3. The highest BCUT2D eigenvalue weighted by molar-refractivity contribution is 5.93. The molecule has 0 saturated carbocycles. The van der Waals surface area contributed by atoms with Crippen LogP contribution in [0.4, 0.5) is 5.82 Å². The summed E-state index contributed by atoms with van der Waals surface area (Å²) in [5.74, 6) is 1.81. The number of aryl methyl sites for hydroxylation is 5. The Morgan fingerprint density at radius 1 is 1.04 bits per heavy atom. The molecule has 1 saturated heterocycles. The lowest BCUT2D eigenvalue weighted by atomic mass is 9.99. The van der Waals surface area contributed by atoms with E-state index in [0.29, 0.717) is 0 Å². The molecule has 3 aromatic rings. The molecule has 4 rings (SSSR count). The Kier molecular flexibility index (Phi) is 4.58. The van der Waals surface area contributed by atoms with Gasteiger partial charge in [0.25, 0.3) is 0 Å². The van der Waals surface area contributed by atoms with Gasteiger partial charge in [-0.05, 0) is 64.2 Å². The largest absolute Gasteiger partial charge is 0.355 e. The molecule has 1 atom stereocenters. The van der Waals surface area contributed by atoms with Crippen LogP contribution in [0.1, 0.15) is 40.9 Å². The summed E-state index contributed by atoms with van der Waals surface area (Å²) in [6, 6.07) is 6.89. The maximum absolute atomic E-state index is 9.40. The molecule has 0 bridgehead atoms.